The predicted molar refractivity (Wildman–Crippen MR) is 77.8 cm³/mol. The molecule has 3 atom stereocenters. The highest BCUT2D eigenvalue weighted by Crippen LogP contribution is 2.26. The van der Waals surface area contributed by atoms with Crippen LogP contribution in [0, 0.1) is 11.8 Å². The summed E-state index contributed by atoms with van der Waals surface area (Å²) in [7, 11) is 0. The van der Waals surface area contributed by atoms with Crippen molar-refractivity contribution in [3.63, 3.8) is 0 Å². The molecular formula is C16H23NO3. The van der Waals surface area contributed by atoms with E-state index in [0.717, 1.165) is 19.4 Å². The number of aliphatic carboxylic acids is 1. The highest BCUT2D eigenvalue weighted by molar-refractivity contribution is 5.71. The van der Waals surface area contributed by atoms with Crippen LogP contribution in [0.5, 0.6) is 5.75 Å². The van der Waals surface area contributed by atoms with Gasteiger partial charge in [0.1, 0.15) is 5.75 Å². The molecule has 0 bridgehead atoms. The summed E-state index contributed by atoms with van der Waals surface area (Å²) in [5, 5.41) is 18.4. The molecule has 0 aromatic heterocycles. The summed E-state index contributed by atoms with van der Waals surface area (Å²) in [5.74, 6) is -0.389. The van der Waals surface area contributed by atoms with Gasteiger partial charge in [0, 0.05) is 19.1 Å². The Morgan fingerprint density at radius 2 is 2.00 bits per heavy atom. The molecule has 0 aliphatic carbocycles. The number of phenols is 1. The van der Waals surface area contributed by atoms with Crippen molar-refractivity contribution in [2.75, 3.05) is 13.1 Å². The van der Waals surface area contributed by atoms with Gasteiger partial charge < -0.3 is 10.2 Å². The second kappa shape index (κ2) is 6.27. The number of carboxylic acid groups (broad SMARTS) is 1. The predicted octanol–water partition coefficient (Wildman–Crippen LogP) is 2.37. The number of hydrogen-bond donors (Lipinski definition) is 2. The maximum Gasteiger partial charge on any atom is 0.308 e. The van der Waals surface area contributed by atoms with E-state index >= 15 is 0 Å². The van der Waals surface area contributed by atoms with Gasteiger partial charge in [-0.3, -0.25) is 9.69 Å². The van der Waals surface area contributed by atoms with Crippen LogP contribution >= 0.6 is 0 Å². The van der Waals surface area contributed by atoms with Crippen LogP contribution in [-0.4, -0.2) is 40.2 Å². The lowest BCUT2D eigenvalue weighted by molar-refractivity contribution is -0.142. The Balaban J connectivity index is 1.85. The molecule has 4 nitrogen and oxygen atoms in total. The van der Waals surface area contributed by atoms with E-state index in [1.165, 1.54) is 5.56 Å². The molecule has 1 aliphatic rings. The first-order chi connectivity index (χ1) is 9.47. The lowest BCUT2D eigenvalue weighted by Gasteiger charge is -2.24. The zero-order valence-electron chi connectivity index (χ0n) is 12.1. The van der Waals surface area contributed by atoms with Crippen LogP contribution < -0.4 is 0 Å². The summed E-state index contributed by atoms with van der Waals surface area (Å²) >= 11 is 0. The molecule has 1 saturated heterocycles. The van der Waals surface area contributed by atoms with Crippen molar-refractivity contribution in [3.05, 3.63) is 29.8 Å². The van der Waals surface area contributed by atoms with Crippen molar-refractivity contribution in [3.8, 4) is 5.75 Å². The zero-order chi connectivity index (χ0) is 14.7. The van der Waals surface area contributed by atoms with E-state index < -0.39 is 5.97 Å². The number of phenolic OH excluding ortho intramolecular Hbond substituents is 1. The zero-order valence-corrected chi connectivity index (χ0v) is 12.1. The Labute approximate surface area is 120 Å². The minimum atomic E-state index is -0.675. The van der Waals surface area contributed by atoms with Crippen molar-refractivity contribution in [1.82, 2.24) is 4.90 Å². The van der Waals surface area contributed by atoms with Crippen molar-refractivity contribution in [2.45, 2.75) is 32.7 Å². The summed E-state index contributed by atoms with van der Waals surface area (Å²) < 4.78 is 0. The largest absolute Gasteiger partial charge is 0.508 e. The first kappa shape index (κ1) is 14.9. The molecule has 0 saturated carbocycles. The molecule has 0 amide bonds. The fourth-order valence-electron chi connectivity index (χ4n) is 2.91. The third kappa shape index (κ3) is 3.51. The number of carboxylic acids is 1. The van der Waals surface area contributed by atoms with Crippen LogP contribution in [0.2, 0.25) is 0 Å². The average molecular weight is 277 g/mol. The molecule has 0 spiro atoms. The lowest BCUT2D eigenvalue weighted by Crippen LogP contribution is -2.32. The molecule has 1 fully saturated rings. The maximum absolute atomic E-state index is 11.1. The topological polar surface area (TPSA) is 60.8 Å². The van der Waals surface area contributed by atoms with Crippen molar-refractivity contribution in [2.24, 2.45) is 11.8 Å². The Bertz CT molecular complexity index is 457. The maximum atomic E-state index is 11.1. The van der Waals surface area contributed by atoms with Gasteiger partial charge >= 0.3 is 5.97 Å². The fraction of sp³-hybridized carbons (Fsp3) is 0.562. The van der Waals surface area contributed by atoms with Gasteiger partial charge in [-0.15, -0.1) is 0 Å². The van der Waals surface area contributed by atoms with E-state index in [-0.39, 0.29) is 11.8 Å². The number of aryl methyl sites for hydroxylation is 1. The van der Waals surface area contributed by atoms with Crippen LogP contribution in [0.25, 0.3) is 0 Å². The van der Waals surface area contributed by atoms with Crippen LogP contribution in [0.15, 0.2) is 24.3 Å². The Kier molecular flexibility index (Phi) is 4.65. The van der Waals surface area contributed by atoms with Crippen molar-refractivity contribution < 1.29 is 15.0 Å². The molecule has 0 radical (unpaired) electrons. The van der Waals surface area contributed by atoms with Gasteiger partial charge in [0.15, 0.2) is 0 Å². The molecule has 2 N–H and O–H groups in total. The first-order valence-corrected chi connectivity index (χ1v) is 7.22. The minimum absolute atomic E-state index is 0.226. The standard InChI is InChI=1S/C16H23NO3/c1-11-9-17(10-15(11)16(19)20)12(2)3-4-13-5-7-14(18)8-6-13/h5-8,11-12,15,18H,3-4,9-10H2,1-2H3,(H,19,20). The van der Waals surface area contributed by atoms with Gasteiger partial charge in [-0.1, -0.05) is 19.1 Å². The first-order valence-electron chi connectivity index (χ1n) is 7.22. The average Bonchev–Trinajstić information content (AvgIpc) is 2.80. The number of likely N-dealkylation sites (tertiary alicyclic amines) is 1. The van der Waals surface area contributed by atoms with Crippen molar-refractivity contribution >= 4 is 5.97 Å². The molecule has 20 heavy (non-hydrogen) atoms. The molecule has 1 heterocycles. The molecule has 4 heteroatoms. The van der Waals surface area contributed by atoms with Crippen LogP contribution in [0.4, 0.5) is 0 Å². The molecule has 110 valence electrons. The molecule has 1 aromatic carbocycles. The molecule has 1 aliphatic heterocycles. The third-order valence-electron chi connectivity index (χ3n) is 4.37. The van der Waals surface area contributed by atoms with Crippen LogP contribution in [0.1, 0.15) is 25.8 Å². The quantitative estimate of drug-likeness (QED) is 0.867. The number of nitrogens with zero attached hydrogens (tertiary/aromatic N) is 1. The fourth-order valence-corrected chi connectivity index (χ4v) is 2.91. The van der Waals surface area contributed by atoms with Crippen molar-refractivity contribution in [1.29, 1.82) is 0 Å². The van der Waals surface area contributed by atoms with E-state index in [0.29, 0.717) is 18.3 Å². The summed E-state index contributed by atoms with van der Waals surface area (Å²) in [6.45, 7) is 5.71. The summed E-state index contributed by atoms with van der Waals surface area (Å²) in [5.41, 5.74) is 1.21. The van der Waals surface area contributed by atoms with Gasteiger partial charge in [0.25, 0.3) is 0 Å². The Morgan fingerprint density at radius 1 is 1.35 bits per heavy atom. The molecular weight excluding hydrogens is 254 g/mol. The van der Waals surface area contributed by atoms with E-state index in [4.69, 9.17) is 5.11 Å². The Morgan fingerprint density at radius 3 is 2.55 bits per heavy atom. The highest BCUT2D eigenvalue weighted by atomic mass is 16.4. The second-order valence-electron chi connectivity index (χ2n) is 5.93. The second-order valence-corrected chi connectivity index (χ2v) is 5.93. The lowest BCUT2D eigenvalue weighted by atomic mass is 9.99. The normalized spacial score (nSPS) is 24.7. The number of rotatable bonds is 5. The van der Waals surface area contributed by atoms with Crippen LogP contribution in [0.3, 0.4) is 0 Å². The number of hydrogen-bond acceptors (Lipinski definition) is 3. The minimum Gasteiger partial charge on any atom is -0.508 e. The monoisotopic (exact) mass is 277 g/mol. The number of aromatic hydroxyl groups is 1. The number of carbonyl (C=O) groups is 1. The summed E-state index contributed by atoms with van der Waals surface area (Å²) in [6, 6.07) is 7.68. The summed E-state index contributed by atoms with van der Waals surface area (Å²) in [6.07, 6.45) is 1.95. The van der Waals surface area contributed by atoms with Gasteiger partial charge in [-0.2, -0.15) is 0 Å². The van der Waals surface area contributed by atoms with E-state index in [2.05, 4.69) is 11.8 Å². The van der Waals surface area contributed by atoms with Gasteiger partial charge in [0.05, 0.1) is 5.92 Å². The Hall–Kier alpha value is -1.55. The molecule has 1 aromatic rings. The van der Waals surface area contributed by atoms with E-state index in [1.807, 2.05) is 19.1 Å². The molecule has 2 rings (SSSR count). The highest BCUT2D eigenvalue weighted by Gasteiger charge is 2.36. The van der Waals surface area contributed by atoms with Gasteiger partial charge in [-0.25, -0.2) is 0 Å². The molecule has 3 unspecified atom stereocenters. The number of benzene rings is 1. The SMILES string of the molecule is CC1CN(C(C)CCc2ccc(O)cc2)CC1C(=O)O. The van der Waals surface area contributed by atoms with Gasteiger partial charge in [0.2, 0.25) is 0 Å². The summed E-state index contributed by atoms with van der Waals surface area (Å²) in [4.78, 5) is 13.4. The van der Waals surface area contributed by atoms with E-state index in [1.54, 1.807) is 12.1 Å². The third-order valence-corrected chi connectivity index (χ3v) is 4.37. The smallest absolute Gasteiger partial charge is 0.308 e. The van der Waals surface area contributed by atoms with Gasteiger partial charge in [-0.05, 0) is 43.4 Å². The van der Waals surface area contributed by atoms with E-state index in [9.17, 15) is 9.90 Å². The van der Waals surface area contributed by atoms with Crippen LogP contribution in [-0.2, 0) is 11.2 Å².